The minimum atomic E-state index is -4.22. The molecule has 1 atom stereocenters. The highest BCUT2D eigenvalue weighted by Gasteiger charge is 2.26. The predicted molar refractivity (Wildman–Crippen MR) is 58.1 cm³/mol. The summed E-state index contributed by atoms with van der Waals surface area (Å²) in [5, 5.41) is 3.03. The number of rotatable bonds is 6. The Kier molecular flexibility index (Phi) is 5.21. The van der Waals surface area contributed by atoms with E-state index in [-0.39, 0.29) is 24.8 Å². The third kappa shape index (κ3) is 6.85. The lowest BCUT2D eigenvalue weighted by Gasteiger charge is -2.12. The first-order chi connectivity index (χ1) is 7.79. The van der Waals surface area contributed by atoms with Gasteiger partial charge in [0.2, 0.25) is 10.0 Å². The van der Waals surface area contributed by atoms with Crippen LogP contribution in [0, 0.1) is 0 Å². The van der Waals surface area contributed by atoms with Crippen LogP contribution >= 0.6 is 0 Å². The van der Waals surface area contributed by atoms with Crippen LogP contribution in [0.4, 0.5) is 13.2 Å². The van der Waals surface area contributed by atoms with E-state index in [2.05, 4.69) is 10.0 Å². The lowest BCUT2D eigenvalue weighted by molar-refractivity contribution is -0.135. The fourth-order valence-corrected chi connectivity index (χ4v) is 3.13. The summed E-state index contributed by atoms with van der Waals surface area (Å²) in [6, 6.07) is -0.0740. The maximum absolute atomic E-state index is 11.8. The molecule has 8 heteroatoms. The van der Waals surface area contributed by atoms with Crippen LogP contribution in [0.2, 0.25) is 0 Å². The second-order valence-corrected chi connectivity index (χ2v) is 6.04. The normalized spacial score (nSPS) is 21.9. The molecule has 1 fully saturated rings. The van der Waals surface area contributed by atoms with Gasteiger partial charge in [0.1, 0.15) is 0 Å². The summed E-state index contributed by atoms with van der Waals surface area (Å²) in [5.74, 6) is -0.0565. The monoisotopic (exact) mass is 274 g/mol. The molecule has 0 aromatic rings. The lowest BCUT2D eigenvalue weighted by Crippen LogP contribution is -2.37. The van der Waals surface area contributed by atoms with Gasteiger partial charge in [-0.25, -0.2) is 13.1 Å². The van der Waals surface area contributed by atoms with Gasteiger partial charge in [-0.05, 0) is 25.8 Å². The molecule has 0 aliphatic carbocycles. The molecule has 0 saturated carbocycles. The first-order valence-corrected chi connectivity index (χ1v) is 7.21. The van der Waals surface area contributed by atoms with Crippen molar-refractivity contribution in [3.63, 3.8) is 0 Å². The average molecular weight is 274 g/mol. The zero-order valence-electron chi connectivity index (χ0n) is 9.39. The van der Waals surface area contributed by atoms with E-state index in [4.69, 9.17) is 0 Å². The molecule has 0 spiro atoms. The zero-order chi connectivity index (χ0) is 12.9. The van der Waals surface area contributed by atoms with E-state index in [0.29, 0.717) is 0 Å². The van der Waals surface area contributed by atoms with Crippen LogP contribution in [0.1, 0.15) is 25.7 Å². The van der Waals surface area contributed by atoms with Gasteiger partial charge < -0.3 is 5.32 Å². The summed E-state index contributed by atoms with van der Waals surface area (Å²) in [6.07, 6.45) is -3.67. The SMILES string of the molecule is O=S(=O)(CC1CCCN1)NCCCC(F)(F)F. The standard InChI is InChI=1S/C9H17F3N2O2S/c10-9(11,12)4-2-6-14-17(15,16)7-8-3-1-5-13-8/h8,13-14H,1-7H2. The quantitative estimate of drug-likeness (QED) is 0.710. The Labute approximate surface area is 99.0 Å². The van der Waals surface area contributed by atoms with Gasteiger partial charge in [0.15, 0.2) is 0 Å². The van der Waals surface area contributed by atoms with Gasteiger partial charge in [0, 0.05) is 19.0 Å². The van der Waals surface area contributed by atoms with Gasteiger partial charge in [-0.1, -0.05) is 0 Å². The third-order valence-corrected chi connectivity index (χ3v) is 4.03. The molecule has 0 radical (unpaired) electrons. The molecular formula is C9H17F3N2O2S. The molecule has 1 heterocycles. The molecule has 0 bridgehead atoms. The van der Waals surface area contributed by atoms with E-state index in [9.17, 15) is 21.6 Å². The van der Waals surface area contributed by atoms with E-state index in [1.54, 1.807) is 0 Å². The van der Waals surface area contributed by atoms with E-state index in [1.807, 2.05) is 0 Å². The Morgan fingerprint density at radius 1 is 1.35 bits per heavy atom. The Bertz CT molecular complexity index is 324. The van der Waals surface area contributed by atoms with Crippen LogP contribution in [0.15, 0.2) is 0 Å². The molecule has 1 unspecified atom stereocenters. The molecule has 4 nitrogen and oxygen atoms in total. The van der Waals surface area contributed by atoms with Gasteiger partial charge in [-0.2, -0.15) is 13.2 Å². The second-order valence-electron chi connectivity index (χ2n) is 4.19. The summed E-state index contributed by atoms with van der Waals surface area (Å²) in [6.45, 7) is 0.642. The van der Waals surface area contributed by atoms with Crippen molar-refractivity contribution in [1.29, 1.82) is 0 Å². The summed E-state index contributed by atoms with van der Waals surface area (Å²) >= 11 is 0. The number of hydrogen-bond acceptors (Lipinski definition) is 3. The van der Waals surface area contributed by atoms with E-state index in [0.717, 1.165) is 19.4 Å². The number of alkyl halides is 3. The van der Waals surface area contributed by atoms with Gasteiger partial charge in [-0.3, -0.25) is 0 Å². The van der Waals surface area contributed by atoms with Crippen LogP contribution in [0.3, 0.4) is 0 Å². The van der Waals surface area contributed by atoms with Crippen molar-refractivity contribution in [1.82, 2.24) is 10.0 Å². The van der Waals surface area contributed by atoms with Gasteiger partial charge in [-0.15, -0.1) is 0 Å². The molecular weight excluding hydrogens is 257 g/mol. The highest BCUT2D eigenvalue weighted by Crippen LogP contribution is 2.20. The third-order valence-electron chi connectivity index (χ3n) is 2.54. The minimum absolute atomic E-state index is 0.0565. The van der Waals surface area contributed by atoms with Crippen LogP contribution in [0.5, 0.6) is 0 Å². The molecule has 2 N–H and O–H groups in total. The fourth-order valence-electron chi connectivity index (χ4n) is 1.74. The van der Waals surface area contributed by atoms with Gasteiger partial charge >= 0.3 is 6.18 Å². The second kappa shape index (κ2) is 6.01. The predicted octanol–water partition coefficient (Wildman–Crippen LogP) is 1.00. The largest absolute Gasteiger partial charge is 0.389 e. The van der Waals surface area contributed by atoms with E-state index < -0.39 is 22.6 Å². The first-order valence-electron chi connectivity index (χ1n) is 5.56. The molecule has 1 aliphatic heterocycles. The van der Waals surface area contributed by atoms with Crippen molar-refractivity contribution in [2.45, 2.75) is 37.9 Å². The smallest absolute Gasteiger partial charge is 0.313 e. The molecule has 1 aliphatic rings. The van der Waals surface area contributed by atoms with Crippen molar-refractivity contribution >= 4 is 10.0 Å². The highest BCUT2D eigenvalue weighted by molar-refractivity contribution is 7.89. The lowest BCUT2D eigenvalue weighted by atomic mass is 10.3. The van der Waals surface area contributed by atoms with Crippen molar-refractivity contribution in [3.8, 4) is 0 Å². The highest BCUT2D eigenvalue weighted by atomic mass is 32.2. The number of nitrogens with one attached hydrogen (secondary N) is 2. The Balaban J connectivity index is 2.20. The molecule has 1 rings (SSSR count). The van der Waals surface area contributed by atoms with Crippen molar-refractivity contribution in [2.24, 2.45) is 0 Å². The minimum Gasteiger partial charge on any atom is -0.313 e. The molecule has 1 saturated heterocycles. The number of hydrogen-bond donors (Lipinski definition) is 2. The molecule has 17 heavy (non-hydrogen) atoms. The van der Waals surface area contributed by atoms with E-state index in [1.165, 1.54) is 0 Å². The van der Waals surface area contributed by atoms with Gasteiger partial charge in [0.25, 0.3) is 0 Å². The molecule has 0 aromatic heterocycles. The fraction of sp³-hybridized carbons (Fsp3) is 1.00. The first kappa shape index (κ1) is 14.7. The Morgan fingerprint density at radius 3 is 2.59 bits per heavy atom. The van der Waals surface area contributed by atoms with E-state index >= 15 is 0 Å². The molecule has 0 aromatic carbocycles. The summed E-state index contributed by atoms with van der Waals surface area (Å²) in [7, 11) is -3.46. The zero-order valence-corrected chi connectivity index (χ0v) is 10.2. The van der Waals surface area contributed by atoms with Crippen molar-refractivity contribution in [3.05, 3.63) is 0 Å². The van der Waals surface area contributed by atoms with Crippen LogP contribution in [0.25, 0.3) is 0 Å². The topological polar surface area (TPSA) is 58.2 Å². The number of sulfonamides is 1. The van der Waals surface area contributed by atoms with Crippen LogP contribution in [-0.4, -0.2) is 39.5 Å². The Morgan fingerprint density at radius 2 is 2.06 bits per heavy atom. The molecule has 102 valence electrons. The summed E-state index contributed by atoms with van der Waals surface area (Å²) in [4.78, 5) is 0. The van der Waals surface area contributed by atoms with Crippen molar-refractivity contribution < 1.29 is 21.6 Å². The van der Waals surface area contributed by atoms with Crippen LogP contribution < -0.4 is 10.0 Å². The summed E-state index contributed by atoms with van der Waals surface area (Å²) < 4.78 is 60.6. The maximum atomic E-state index is 11.8. The van der Waals surface area contributed by atoms with Gasteiger partial charge in [0.05, 0.1) is 5.75 Å². The van der Waals surface area contributed by atoms with Crippen molar-refractivity contribution in [2.75, 3.05) is 18.8 Å². The number of halogens is 3. The average Bonchev–Trinajstić information content (AvgIpc) is 2.63. The molecule has 0 amide bonds. The summed E-state index contributed by atoms with van der Waals surface area (Å²) in [5.41, 5.74) is 0. The Hall–Kier alpha value is -0.340. The van der Waals surface area contributed by atoms with Crippen LogP contribution in [-0.2, 0) is 10.0 Å². The maximum Gasteiger partial charge on any atom is 0.389 e.